The van der Waals surface area contributed by atoms with E-state index in [1.807, 2.05) is 49.6 Å². The van der Waals surface area contributed by atoms with Gasteiger partial charge in [-0.3, -0.25) is 9.38 Å². The Kier molecular flexibility index (Phi) is 5.19. The Balaban J connectivity index is 1.71. The summed E-state index contributed by atoms with van der Waals surface area (Å²) in [5.74, 6) is 0.786. The summed E-state index contributed by atoms with van der Waals surface area (Å²) in [6.45, 7) is 14.6. The Bertz CT molecular complexity index is 1580. The van der Waals surface area contributed by atoms with Crippen molar-refractivity contribution in [2.75, 3.05) is 0 Å². The second kappa shape index (κ2) is 8.67. The zero-order valence-electron chi connectivity index (χ0n) is 23.7. The van der Waals surface area contributed by atoms with Gasteiger partial charge >= 0.3 is 0 Å². The predicted octanol–water partition coefficient (Wildman–Crippen LogP) is 8.64. The van der Waals surface area contributed by atoms with Crippen molar-refractivity contribution in [1.29, 1.82) is 0 Å². The van der Waals surface area contributed by atoms with Crippen molar-refractivity contribution in [1.82, 2.24) is 14.4 Å². The van der Waals surface area contributed by atoms with Crippen molar-refractivity contribution in [2.24, 2.45) is 5.41 Å². The van der Waals surface area contributed by atoms with Crippen LogP contribution in [0.25, 0.3) is 39.2 Å². The van der Waals surface area contributed by atoms with Gasteiger partial charge in [-0.05, 0) is 70.1 Å². The second-order valence-electron chi connectivity index (χ2n) is 10.9. The number of pyridine rings is 1. The lowest BCUT2D eigenvalue weighted by molar-refractivity contribution is 0.406. The van der Waals surface area contributed by atoms with Crippen LogP contribution in [0.4, 0.5) is 0 Å². The third-order valence-corrected chi connectivity index (χ3v) is 6.37. The molecular weight excluding hydrogens is 430 g/mol. The van der Waals surface area contributed by atoms with Crippen molar-refractivity contribution >= 4 is 16.8 Å². The molecular formula is C31H35N3O. The lowest BCUT2D eigenvalue weighted by Crippen LogP contribution is -2.09. The summed E-state index contributed by atoms with van der Waals surface area (Å²) in [4.78, 5) is 9.17. The predicted molar refractivity (Wildman–Crippen MR) is 145 cm³/mol. The average molecular weight is 468 g/mol. The van der Waals surface area contributed by atoms with Gasteiger partial charge in [0, 0.05) is 14.5 Å². The highest BCUT2D eigenvalue weighted by Crippen LogP contribution is 2.38. The highest BCUT2D eigenvalue weighted by molar-refractivity contribution is 5.92. The van der Waals surface area contributed by atoms with E-state index in [4.69, 9.17) is 12.1 Å². The maximum atomic E-state index is 8.76. The fraction of sp³-hybridized carbons (Fsp3) is 0.355. The van der Waals surface area contributed by atoms with Gasteiger partial charge in [-0.15, -0.1) is 0 Å². The van der Waals surface area contributed by atoms with Gasteiger partial charge in [0.1, 0.15) is 12.0 Å². The van der Waals surface area contributed by atoms with Crippen molar-refractivity contribution in [3.05, 3.63) is 77.9 Å². The largest absolute Gasteiger partial charge is 0.436 e. The Morgan fingerprint density at radius 1 is 0.943 bits per heavy atom. The number of nitrogens with zero attached hydrogens (tertiary/aromatic N) is 3. The van der Waals surface area contributed by atoms with Crippen LogP contribution in [-0.2, 0) is 6.37 Å². The fourth-order valence-corrected chi connectivity index (χ4v) is 4.79. The van der Waals surface area contributed by atoms with Crippen molar-refractivity contribution < 1.29 is 7.16 Å². The van der Waals surface area contributed by atoms with Crippen LogP contribution in [0, 0.1) is 5.41 Å². The molecule has 0 saturated heterocycles. The van der Waals surface area contributed by atoms with Crippen molar-refractivity contribution in [3.8, 4) is 22.4 Å². The number of rotatable bonds is 5. The van der Waals surface area contributed by atoms with Crippen LogP contribution < -0.4 is 0 Å². The van der Waals surface area contributed by atoms with Gasteiger partial charge in [-0.2, -0.15) is 0 Å². The van der Waals surface area contributed by atoms with Gasteiger partial charge in [0.15, 0.2) is 5.58 Å². The average Bonchev–Trinajstić information content (AvgIpc) is 3.42. The van der Waals surface area contributed by atoms with Gasteiger partial charge in [0.05, 0.1) is 11.2 Å². The van der Waals surface area contributed by atoms with Gasteiger partial charge in [-0.1, -0.05) is 72.7 Å². The normalized spacial score (nSPS) is 13.7. The Hall–Kier alpha value is -3.40. The molecule has 3 heterocycles. The minimum Gasteiger partial charge on any atom is -0.436 e. The van der Waals surface area contributed by atoms with Gasteiger partial charge in [-0.25, -0.2) is 4.98 Å². The molecule has 0 aliphatic carbocycles. The summed E-state index contributed by atoms with van der Waals surface area (Å²) in [5.41, 5.74) is 8.40. The maximum Gasteiger partial charge on any atom is 0.227 e. The van der Waals surface area contributed by atoms with E-state index < -0.39 is 11.8 Å². The highest BCUT2D eigenvalue weighted by Gasteiger charge is 2.21. The molecule has 0 spiro atoms. The molecule has 0 atom stereocenters. The number of hydrogen-bond donors (Lipinski definition) is 0. The monoisotopic (exact) mass is 467 g/mol. The molecule has 0 aliphatic rings. The first-order valence-corrected chi connectivity index (χ1v) is 12.4. The van der Waals surface area contributed by atoms with E-state index in [2.05, 4.69) is 63.0 Å². The fourth-order valence-electron chi connectivity index (χ4n) is 4.79. The number of oxazole rings is 1. The molecule has 0 aliphatic heterocycles. The summed E-state index contributed by atoms with van der Waals surface area (Å²) in [6, 6.07) is 16.8. The molecule has 5 aromatic rings. The minimum atomic E-state index is -1.66. The summed E-state index contributed by atoms with van der Waals surface area (Å²) >= 11 is 0. The topological polar surface area (TPSA) is 43.3 Å². The van der Waals surface area contributed by atoms with E-state index in [0.717, 1.165) is 22.3 Å². The van der Waals surface area contributed by atoms with Crippen LogP contribution >= 0.6 is 0 Å². The lowest BCUT2D eigenvalue weighted by atomic mass is 9.85. The Morgan fingerprint density at radius 3 is 2.29 bits per heavy atom. The van der Waals surface area contributed by atoms with Gasteiger partial charge in [0.25, 0.3) is 0 Å². The van der Waals surface area contributed by atoms with Crippen LogP contribution in [0.15, 0.2) is 65.5 Å². The summed E-state index contributed by atoms with van der Waals surface area (Å²) in [7, 11) is 0. The Labute approximate surface area is 210 Å². The molecule has 5 rings (SSSR count). The van der Waals surface area contributed by atoms with Crippen LogP contribution in [-0.4, -0.2) is 14.4 Å². The van der Waals surface area contributed by atoms with Gasteiger partial charge in [0.2, 0.25) is 5.71 Å². The molecule has 0 saturated carbocycles. The first kappa shape index (κ1) is 20.9. The first-order chi connectivity index (χ1) is 17.4. The van der Waals surface area contributed by atoms with Crippen LogP contribution in [0.5, 0.6) is 0 Å². The molecule has 0 fully saturated rings. The van der Waals surface area contributed by atoms with Crippen LogP contribution in [0.2, 0.25) is 0 Å². The molecule has 0 radical (unpaired) electrons. The molecule has 4 heteroatoms. The molecule has 0 amide bonds. The zero-order valence-corrected chi connectivity index (χ0v) is 21.7. The SMILES string of the molecule is [2H]C([2H])(c1ncn2c1oc1c(-c3cc(-c4c(C(C)C)cccc4C(C)C)ccn3)cccc12)C(C)(C)C. The third-order valence-electron chi connectivity index (χ3n) is 6.37. The molecule has 0 bridgehead atoms. The number of aromatic nitrogens is 3. The Morgan fingerprint density at radius 2 is 1.63 bits per heavy atom. The number of para-hydroxylation sites is 1. The molecule has 2 aromatic carbocycles. The van der Waals surface area contributed by atoms with Gasteiger partial charge < -0.3 is 4.42 Å². The van der Waals surface area contributed by atoms with E-state index in [0.29, 0.717) is 28.8 Å². The number of imidazole rings is 1. The number of hydrogen-bond acceptors (Lipinski definition) is 3. The summed E-state index contributed by atoms with van der Waals surface area (Å²) in [5, 5.41) is 0. The third kappa shape index (κ3) is 4.27. The molecule has 3 aromatic heterocycles. The summed E-state index contributed by atoms with van der Waals surface area (Å²) < 4.78 is 25.7. The highest BCUT2D eigenvalue weighted by atomic mass is 16.3. The molecule has 4 nitrogen and oxygen atoms in total. The summed E-state index contributed by atoms with van der Waals surface area (Å²) in [6.07, 6.45) is 1.86. The zero-order chi connectivity index (χ0) is 26.7. The quantitative estimate of drug-likeness (QED) is 0.260. The van der Waals surface area contributed by atoms with E-state index in [-0.39, 0.29) is 0 Å². The standard InChI is InChI=1S/C31H35N3O/c1-19(2)22-10-8-11-23(20(3)4)28(22)21-14-15-32-25(16-21)24-12-9-13-27-29(24)35-30-26(17-31(5,6)7)33-18-34(27)30/h8-16,18-20H,17H2,1-7H3/i17D2. The maximum absolute atomic E-state index is 8.76. The van der Waals surface area contributed by atoms with Crippen molar-refractivity contribution in [3.63, 3.8) is 0 Å². The first-order valence-electron chi connectivity index (χ1n) is 13.4. The molecule has 0 unspecified atom stereocenters. The molecule has 180 valence electrons. The van der Waals surface area contributed by atoms with Crippen molar-refractivity contribution in [2.45, 2.75) is 66.7 Å². The molecule has 0 N–H and O–H groups in total. The number of fused-ring (bicyclic) bond motifs is 3. The van der Waals surface area contributed by atoms with E-state index in [1.54, 1.807) is 6.33 Å². The van der Waals surface area contributed by atoms with E-state index >= 15 is 0 Å². The number of benzene rings is 2. The lowest BCUT2D eigenvalue weighted by Gasteiger charge is -2.20. The van der Waals surface area contributed by atoms with E-state index in [1.165, 1.54) is 16.7 Å². The van der Waals surface area contributed by atoms with Crippen LogP contribution in [0.3, 0.4) is 0 Å². The molecule has 35 heavy (non-hydrogen) atoms. The van der Waals surface area contributed by atoms with Crippen LogP contribution in [0.1, 0.15) is 79.9 Å². The second-order valence-corrected chi connectivity index (χ2v) is 10.9. The smallest absolute Gasteiger partial charge is 0.227 e. The minimum absolute atomic E-state index is 0.316. The van der Waals surface area contributed by atoms with E-state index in [9.17, 15) is 0 Å².